The molecule has 0 aliphatic carbocycles. The molecular formula is C21H27NO11. The zero-order valence-electron chi connectivity index (χ0n) is 18.6. The molecule has 0 bridgehead atoms. The average Bonchev–Trinajstić information content (AvgIpc) is 2.71. The second-order valence-corrected chi connectivity index (χ2v) is 7.22. The fourth-order valence-electron chi connectivity index (χ4n) is 3.21. The quantitative estimate of drug-likeness (QED) is 0.302. The summed E-state index contributed by atoms with van der Waals surface area (Å²) in [7, 11) is 0. The first-order valence-corrected chi connectivity index (χ1v) is 9.98. The molecule has 1 fully saturated rings. The first kappa shape index (κ1) is 25.9. The van der Waals surface area contributed by atoms with Crippen LogP contribution in [-0.4, -0.2) is 66.3 Å². The van der Waals surface area contributed by atoms with Gasteiger partial charge in [-0.3, -0.25) is 19.2 Å². The molecule has 0 saturated carbocycles. The molecule has 1 aromatic carbocycles. The van der Waals surface area contributed by atoms with Crippen molar-refractivity contribution in [2.75, 3.05) is 12.3 Å². The maximum Gasteiger partial charge on any atom is 0.303 e. The van der Waals surface area contributed by atoms with Crippen LogP contribution in [0.15, 0.2) is 18.2 Å². The molecule has 5 atom stereocenters. The Morgan fingerprint density at radius 3 is 2.00 bits per heavy atom. The van der Waals surface area contributed by atoms with Crippen LogP contribution in [0.25, 0.3) is 0 Å². The molecule has 0 amide bonds. The van der Waals surface area contributed by atoms with E-state index in [9.17, 15) is 24.3 Å². The summed E-state index contributed by atoms with van der Waals surface area (Å²) in [6.07, 6.45) is -6.55. The lowest BCUT2D eigenvalue weighted by Gasteiger charge is -2.44. The molecule has 1 aromatic rings. The number of hydrogen-bond donors (Lipinski definition) is 2. The topological polar surface area (TPSA) is 170 Å². The number of aliphatic hydroxyl groups is 1. The number of ether oxygens (including phenoxy) is 6. The highest BCUT2D eigenvalue weighted by Gasteiger charge is 2.53. The van der Waals surface area contributed by atoms with Crippen molar-refractivity contribution in [3.8, 4) is 5.75 Å². The normalized spacial score (nSPS) is 24.3. The van der Waals surface area contributed by atoms with Crippen molar-refractivity contribution in [1.82, 2.24) is 0 Å². The molecule has 182 valence electrons. The maximum atomic E-state index is 11.8. The van der Waals surface area contributed by atoms with E-state index in [4.69, 9.17) is 34.2 Å². The van der Waals surface area contributed by atoms with Crippen LogP contribution >= 0.6 is 0 Å². The Labute approximate surface area is 189 Å². The summed E-state index contributed by atoms with van der Waals surface area (Å²) in [5, 5.41) is 9.26. The number of nitrogen functional groups attached to an aromatic ring is 1. The highest BCUT2D eigenvalue weighted by molar-refractivity contribution is 5.68. The van der Waals surface area contributed by atoms with E-state index in [1.165, 1.54) is 19.1 Å². The Hall–Kier alpha value is -3.38. The smallest absolute Gasteiger partial charge is 0.303 e. The highest BCUT2D eigenvalue weighted by atomic mass is 16.7. The molecule has 1 aliphatic rings. The Kier molecular flexibility index (Phi) is 9.00. The largest absolute Gasteiger partial charge is 0.463 e. The number of esters is 4. The van der Waals surface area contributed by atoms with Crippen LogP contribution in [0.1, 0.15) is 33.3 Å². The molecule has 2 rings (SSSR count). The van der Waals surface area contributed by atoms with Crippen LogP contribution in [0.4, 0.5) is 5.69 Å². The number of aliphatic hydroxyl groups excluding tert-OH is 1. The molecule has 0 radical (unpaired) electrons. The summed E-state index contributed by atoms with van der Waals surface area (Å²) in [6.45, 7) is 3.92. The molecule has 1 saturated heterocycles. The number of nitrogens with two attached hydrogens (primary N) is 1. The zero-order valence-corrected chi connectivity index (χ0v) is 18.6. The van der Waals surface area contributed by atoms with Gasteiger partial charge in [0.05, 0.1) is 12.3 Å². The first-order valence-electron chi connectivity index (χ1n) is 9.98. The Bertz CT molecular complexity index is 887. The SMILES string of the molecule is CC(=O)OCC1O[C@@H](Oc2ccc(CO)cc2N)[C@@H](OC(C)=O)C(OC(C)=O)[C@H]1OC(C)=O. The van der Waals surface area contributed by atoms with Gasteiger partial charge in [0, 0.05) is 27.7 Å². The average molecular weight is 469 g/mol. The van der Waals surface area contributed by atoms with Gasteiger partial charge in [-0.15, -0.1) is 0 Å². The van der Waals surface area contributed by atoms with Gasteiger partial charge in [0.15, 0.2) is 12.2 Å². The molecule has 12 heteroatoms. The van der Waals surface area contributed by atoms with Crippen molar-refractivity contribution in [3.05, 3.63) is 23.8 Å². The molecular weight excluding hydrogens is 442 g/mol. The fraction of sp³-hybridized carbons (Fsp3) is 0.524. The van der Waals surface area contributed by atoms with Crippen LogP contribution in [-0.2, 0) is 49.5 Å². The van der Waals surface area contributed by atoms with Gasteiger partial charge < -0.3 is 39.3 Å². The Morgan fingerprint density at radius 1 is 0.909 bits per heavy atom. The second-order valence-electron chi connectivity index (χ2n) is 7.22. The number of hydrogen-bond acceptors (Lipinski definition) is 12. The molecule has 1 aliphatic heterocycles. The summed E-state index contributed by atoms with van der Waals surface area (Å²) in [6, 6.07) is 4.49. The maximum absolute atomic E-state index is 11.8. The van der Waals surface area contributed by atoms with Gasteiger partial charge in [-0.2, -0.15) is 0 Å². The third-order valence-corrected chi connectivity index (χ3v) is 4.45. The van der Waals surface area contributed by atoms with Gasteiger partial charge >= 0.3 is 23.9 Å². The number of rotatable bonds is 8. The van der Waals surface area contributed by atoms with Gasteiger partial charge in [0.1, 0.15) is 18.5 Å². The summed E-state index contributed by atoms with van der Waals surface area (Å²) in [5.41, 5.74) is 6.66. The third kappa shape index (κ3) is 7.32. The predicted molar refractivity (Wildman–Crippen MR) is 109 cm³/mol. The molecule has 1 heterocycles. The predicted octanol–water partition coefficient (Wildman–Crippen LogP) is 0.223. The van der Waals surface area contributed by atoms with E-state index in [0.29, 0.717) is 5.56 Å². The van der Waals surface area contributed by atoms with E-state index in [1.54, 1.807) is 6.07 Å². The van der Waals surface area contributed by atoms with Gasteiger partial charge in [-0.25, -0.2) is 0 Å². The highest BCUT2D eigenvalue weighted by Crippen LogP contribution is 2.33. The molecule has 0 spiro atoms. The van der Waals surface area contributed by atoms with E-state index in [1.807, 2.05) is 0 Å². The van der Waals surface area contributed by atoms with Crippen LogP contribution in [0, 0.1) is 0 Å². The molecule has 12 nitrogen and oxygen atoms in total. The van der Waals surface area contributed by atoms with Crippen molar-refractivity contribution in [3.63, 3.8) is 0 Å². The van der Waals surface area contributed by atoms with Crippen molar-refractivity contribution in [1.29, 1.82) is 0 Å². The lowest BCUT2D eigenvalue weighted by atomic mass is 9.98. The summed E-state index contributed by atoms with van der Waals surface area (Å²) in [5.74, 6) is -2.76. The van der Waals surface area contributed by atoms with Gasteiger partial charge in [0.25, 0.3) is 0 Å². The van der Waals surface area contributed by atoms with Gasteiger partial charge in [-0.05, 0) is 17.7 Å². The number of carbonyl (C=O) groups excluding carboxylic acids is 4. The van der Waals surface area contributed by atoms with Crippen molar-refractivity contribution < 1.29 is 52.7 Å². The van der Waals surface area contributed by atoms with Crippen LogP contribution < -0.4 is 10.5 Å². The van der Waals surface area contributed by atoms with Crippen molar-refractivity contribution in [2.24, 2.45) is 0 Å². The number of benzene rings is 1. The van der Waals surface area contributed by atoms with Crippen molar-refractivity contribution in [2.45, 2.75) is 65.0 Å². The van der Waals surface area contributed by atoms with Crippen LogP contribution in [0.3, 0.4) is 0 Å². The lowest BCUT2D eigenvalue weighted by Crippen LogP contribution is -2.63. The molecule has 0 aromatic heterocycles. The minimum absolute atomic E-state index is 0.119. The third-order valence-electron chi connectivity index (χ3n) is 4.45. The zero-order chi connectivity index (χ0) is 24.7. The van der Waals surface area contributed by atoms with E-state index in [2.05, 4.69) is 0 Å². The Morgan fingerprint density at radius 2 is 1.48 bits per heavy atom. The molecule has 33 heavy (non-hydrogen) atoms. The van der Waals surface area contributed by atoms with E-state index in [-0.39, 0.29) is 24.7 Å². The first-order chi connectivity index (χ1) is 15.5. The minimum Gasteiger partial charge on any atom is -0.463 e. The van der Waals surface area contributed by atoms with Crippen molar-refractivity contribution >= 4 is 29.6 Å². The summed E-state index contributed by atoms with van der Waals surface area (Å²) >= 11 is 0. The van der Waals surface area contributed by atoms with Gasteiger partial charge in [-0.1, -0.05) is 6.07 Å². The number of anilines is 1. The second kappa shape index (κ2) is 11.5. The van der Waals surface area contributed by atoms with E-state index in [0.717, 1.165) is 20.8 Å². The Balaban J connectivity index is 2.47. The van der Waals surface area contributed by atoms with E-state index >= 15 is 0 Å². The van der Waals surface area contributed by atoms with Crippen LogP contribution in [0.5, 0.6) is 5.75 Å². The molecule has 3 N–H and O–H groups in total. The number of carbonyl (C=O) groups is 4. The minimum atomic E-state index is -1.40. The van der Waals surface area contributed by atoms with E-state index < -0.39 is 54.6 Å². The standard InChI is InChI=1S/C21H27NO11/c1-10(24)28-9-17-18(29-11(2)25)19(30-12(3)26)20(31-13(4)27)21(33-17)32-16-6-5-14(8-23)7-15(16)22/h5-7,17-21,23H,8-9,22H2,1-4H3/t17?,18-,19?,20-,21+/m0/s1. The van der Waals surface area contributed by atoms with Gasteiger partial charge in [0.2, 0.25) is 12.4 Å². The fourth-order valence-corrected chi connectivity index (χ4v) is 3.21. The molecule has 2 unspecified atom stereocenters. The monoisotopic (exact) mass is 469 g/mol. The van der Waals surface area contributed by atoms with Crippen LogP contribution in [0.2, 0.25) is 0 Å². The summed E-state index contributed by atoms with van der Waals surface area (Å²) in [4.78, 5) is 46.7. The summed E-state index contributed by atoms with van der Waals surface area (Å²) < 4.78 is 32.6. The lowest BCUT2D eigenvalue weighted by molar-refractivity contribution is -0.288.